The Morgan fingerprint density at radius 3 is 2.71 bits per heavy atom. The monoisotopic (exact) mass is 325 g/mol. The number of furan rings is 1. The van der Waals surface area contributed by atoms with Crippen molar-refractivity contribution in [1.82, 2.24) is 15.1 Å². The minimum absolute atomic E-state index is 0.169. The van der Waals surface area contributed by atoms with Gasteiger partial charge in [-0.3, -0.25) is 4.79 Å². The summed E-state index contributed by atoms with van der Waals surface area (Å²) in [7, 11) is 1.61. The van der Waals surface area contributed by atoms with Crippen LogP contribution < -0.4 is 10.1 Å². The summed E-state index contributed by atoms with van der Waals surface area (Å²) in [5.41, 5.74) is 1.84. The Kier molecular flexibility index (Phi) is 4.65. The highest BCUT2D eigenvalue weighted by molar-refractivity contribution is 5.94. The van der Waals surface area contributed by atoms with Gasteiger partial charge in [-0.2, -0.15) is 5.10 Å². The van der Waals surface area contributed by atoms with Crippen molar-refractivity contribution in [3.8, 4) is 22.9 Å². The Morgan fingerprint density at radius 2 is 2.08 bits per heavy atom. The minimum atomic E-state index is -0.169. The third-order valence-electron chi connectivity index (χ3n) is 3.57. The maximum Gasteiger partial charge on any atom is 0.270 e. The molecule has 6 heteroatoms. The molecule has 0 fully saturated rings. The zero-order valence-electron chi connectivity index (χ0n) is 13.7. The van der Waals surface area contributed by atoms with E-state index in [1.165, 1.54) is 0 Å². The summed E-state index contributed by atoms with van der Waals surface area (Å²) in [4.78, 5) is 12.5. The maximum absolute atomic E-state index is 12.5. The van der Waals surface area contributed by atoms with E-state index in [0.717, 1.165) is 17.9 Å². The van der Waals surface area contributed by atoms with Crippen molar-refractivity contribution in [2.75, 3.05) is 13.7 Å². The number of benzene rings is 1. The predicted molar refractivity (Wildman–Crippen MR) is 90.4 cm³/mol. The van der Waals surface area contributed by atoms with E-state index in [1.54, 1.807) is 30.2 Å². The molecule has 0 unspecified atom stereocenters. The van der Waals surface area contributed by atoms with Crippen molar-refractivity contribution >= 4 is 5.91 Å². The third kappa shape index (κ3) is 3.17. The van der Waals surface area contributed by atoms with Crippen LogP contribution in [0.1, 0.15) is 23.8 Å². The molecule has 0 radical (unpaired) electrons. The van der Waals surface area contributed by atoms with Gasteiger partial charge in [0.15, 0.2) is 5.76 Å². The summed E-state index contributed by atoms with van der Waals surface area (Å²) < 4.78 is 12.2. The number of methoxy groups -OCH3 is 1. The smallest absolute Gasteiger partial charge is 0.270 e. The van der Waals surface area contributed by atoms with E-state index in [1.807, 2.05) is 37.3 Å². The molecule has 2 aromatic heterocycles. The van der Waals surface area contributed by atoms with Crippen LogP contribution in [0.2, 0.25) is 0 Å². The Balaban J connectivity index is 2.02. The number of aromatic nitrogens is 2. The SMILES string of the molecule is CCCNC(=O)c1cc(-c2ccco2)nn1-c1ccc(OC)cc1. The molecule has 6 nitrogen and oxygen atoms in total. The van der Waals surface area contributed by atoms with Crippen molar-refractivity contribution in [3.63, 3.8) is 0 Å². The standard InChI is InChI=1S/C18H19N3O3/c1-3-10-19-18(22)16-12-15(17-5-4-11-24-17)20-21(16)13-6-8-14(23-2)9-7-13/h4-9,11-12H,3,10H2,1-2H3,(H,19,22). The van der Waals surface area contributed by atoms with E-state index in [-0.39, 0.29) is 5.91 Å². The van der Waals surface area contributed by atoms with Gasteiger partial charge >= 0.3 is 0 Å². The van der Waals surface area contributed by atoms with E-state index < -0.39 is 0 Å². The molecule has 24 heavy (non-hydrogen) atoms. The molecular weight excluding hydrogens is 306 g/mol. The normalized spacial score (nSPS) is 10.6. The second-order valence-electron chi connectivity index (χ2n) is 5.26. The van der Waals surface area contributed by atoms with E-state index in [2.05, 4.69) is 10.4 Å². The van der Waals surface area contributed by atoms with Gasteiger partial charge in [-0.1, -0.05) is 6.92 Å². The number of rotatable bonds is 6. The zero-order valence-corrected chi connectivity index (χ0v) is 13.7. The third-order valence-corrected chi connectivity index (χ3v) is 3.57. The first-order valence-corrected chi connectivity index (χ1v) is 7.79. The lowest BCUT2D eigenvalue weighted by Crippen LogP contribution is -2.26. The van der Waals surface area contributed by atoms with Crippen LogP contribution in [0.4, 0.5) is 0 Å². The fraction of sp³-hybridized carbons (Fsp3) is 0.222. The van der Waals surface area contributed by atoms with E-state index in [9.17, 15) is 4.79 Å². The first kappa shape index (κ1) is 15.9. The van der Waals surface area contributed by atoms with Crippen LogP contribution >= 0.6 is 0 Å². The average Bonchev–Trinajstić information content (AvgIpc) is 3.29. The lowest BCUT2D eigenvalue weighted by atomic mass is 10.2. The Labute approximate surface area is 140 Å². The summed E-state index contributed by atoms with van der Waals surface area (Å²) >= 11 is 0. The number of carbonyl (C=O) groups excluding carboxylic acids is 1. The molecule has 124 valence electrons. The number of amides is 1. The highest BCUT2D eigenvalue weighted by atomic mass is 16.5. The van der Waals surface area contributed by atoms with Crippen LogP contribution in [0.3, 0.4) is 0 Å². The minimum Gasteiger partial charge on any atom is -0.497 e. The van der Waals surface area contributed by atoms with Gasteiger partial charge in [0, 0.05) is 12.6 Å². The molecule has 1 aromatic carbocycles. The molecule has 0 spiro atoms. The molecule has 0 aliphatic heterocycles. The molecular formula is C18H19N3O3. The van der Waals surface area contributed by atoms with Crippen LogP contribution in [0, 0.1) is 0 Å². The van der Waals surface area contributed by atoms with Crippen molar-refractivity contribution < 1.29 is 13.9 Å². The van der Waals surface area contributed by atoms with Gasteiger partial charge in [-0.05, 0) is 42.8 Å². The lowest BCUT2D eigenvalue weighted by molar-refractivity contribution is 0.0946. The van der Waals surface area contributed by atoms with Gasteiger partial charge in [0.1, 0.15) is 17.1 Å². The maximum atomic E-state index is 12.5. The van der Waals surface area contributed by atoms with Crippen molar-refractivity contribution in [1.29, 1.82) is 0 Å². The van der Waals surface area contributed by atoms with Gasteiger partial charge in [0.25, 0.3) is 5.91 Å². The molecule has 0 aliphatic carbocycles. The second-order valence-corrected chi connectivity index (χ2v) is 5.26. The van der Waals surface area contributed by atoms with Crippen molar-refractivity contribution in [2.24, 2.45) is 0 Å². The van der Waals surface area contributed by atoms with Crippen LogP contribution in [0.25, 0.3) is 17.1 Å². The summed E-state index contributed by atoms with van der Waals surface area (Å²) in [5, 5.41) is 7.41. The number of nitrogens with one attached hydrogen (secondary N) is 1. The van der Waals surface area contributed by atoms with Crippen LogP contribution in [-0.4, -0.2) is 29.3 Å². The molecule has 0 atom stereocenters. The van der Waals surface area contributed by atoms with Crippen LogP contribution in [0.5, 0.6) is 5.75 Å². The first-order chi connectivity index (χ1) is 11.7. The largest absolute Gasteiger partial charge is 0.497 e. The molecule has 0 saturated heterocycles. The van der Waals surface area contributed by atoms with Gasteiger partial charge in [-0.25, -0.2) is 4.68 Å². The Morgan fingerprint density at radius 1 is 1.29 bits per heavy atom. The lowest BCUT2D eigenvalue weighted by Gasteiger charge is -2.08. The summed E-state index contributed by atoms with van der Waals surface area (Å²) in [6.45, 7) is 2.62. The topological polar surface area (TPSA) is 69.3 Å². The predicted octanol–water partition coefficient (Wildman–Crippen LogP) is 3.28. The summed E-state index contributed by atoms with van der Waals surface area (Å²) in [6.07, 6.45) is 2.45. The molecule has 3 aromatic rings. The fourth-order valence-corrected chi connectivity index (χ4v) is 2.34. The second kappa shape index (κ2) is 7.04. The molecule has 0 saturated carbocycles. The number of carbonyl (C=O) groups is 1. The Hall–Kier alpha value is -3.02. The summed E-state index contributed by atoms with van der Waals surface area (Å²) in [6, 6.07) is 12.7. The molecule has 0 aliphatic rings. The van der Waals surface area contributed by atoms with Gasteiger partial charge in [0.2, 0.25) is 0 Å². The van der Waals surface area contributed by atoms with Gasteiger partial charge in [-0.15, -0.1) is 0 Å². The quantitative estimate of drug-likeness (QED) is 0.755. The summed E-state index contributed by atoms with van der Waals surface area (Å²) in [5.74, 6) is 1.19. The van der Waals surface area contributed by atoms with Crippen molar-refractivity contribution in [3.05, 3.63) is 54.4 Å². The van der Waals surface area contributed by atoms with Crippen LogP contribution in [0.15, 0.2) is 53.1 Å². The van der Waals surface area contributed by atoms with Crippen LogP contribution in [-0.2, 0) is 0 Å². The Bertz CT molecular complexity index is 805. The van der Waals surface area contributed by atoms with Gasteiger partial charge < -0.3 is 14.5 Å². The average molecular weight is 325 g/mol. The van der Waals surface area contributed by atoms with E-state index in [0.29, 0.717) is 23.7 Å². The number of hydrogen-bond acceptors (Lipinski definition) is 4. The van der Waals surface area contributed by atoms with E-state index >= 15 is 0 Å². The molecule has 2 heterocycles. The van der Waals surface area contributed by atoms with E-state index in [4.69, 9.17) is 9.15 Å². The molecule has 0 bridgehead atoms. The number of ether oxygens (including phenoxy) is 1. The molecule has 1 amide bonds. The fourth-order valence-electron chi connectivity index (χ4n) is 2.34. The van der Waals surface area contributed by atoms with Crippen molar-refractivity contribution in [2.45, 2.75) is 13.3 Å². The zero-order chi connectivity index (χ0) is 16.9. The number of hydrogen-bond donors (Lipinski definition) is 1. The molecule has 1 N–H and O–H groups in total. The van der Waals surface area contributed by atoms with Gasteiger partial charge in [0.05, 0.1) is 19.1 Å². The highest BCUT2D eigenvalue weighted by Crippen LogP contribution is 2.23. The number of nitrogens with zero attached hydrogens (tertiary/aromatic N) is 2. The first-order valence-electron chi connectivity index (χ1n) is 7.79. The molecule has 3 rings (SSSR count). The highest BCUT2D eigenvalue weighted by Gasteiger charge is 2.18.